The zero-order chi connectivity index (χ0) is 14.8. The van der Waals surface area contributed by atoms with Crippen molar-refractivity contribution >= 4 is 28.9 Å². The highest BCUT2D eigenvalue weighted by molar-refractivity contribution is 7.10. The molecule has 2 heterocycles. The molecule has 5 nitrogen and oxygen atoms in total. The van der Waals surface area contributed by atoms with Crippen LogP contribution in [0.15, 0.2) is 35.7 Å². The van der Waals surface area contributed by atoms with Crippen molar-refractivity contribution in [3.8, 4) is 0 Å². The SMILES string of the molecule is O=C(NC(C(=O)O)c1cccs1)c1ccc2c(c1)NCC2. The summed E-state index contributed by atoms with van der Waals surface area (Å²) in [6, 6.07) is 7.86. The summed E-state index contributed by atoms with van der Waals surface area (Å²) >= 11 is 1.31. The second-order valence-electron chi connectivity index (χ2n) is 4.81. The van der Waals surface area contributed by atoms with E-state index in [0.29, 0.717) is 10.4 Å². The average Bonchev–Trinajstić information content (AvgIpc) is 3.14. The van der Waals surface area contributed by atoms with Crippen LogP contribution in [-0.4, -0.2) is 23.5 Å². The number of carboxylic acids is 1. The molecule has 1 amide bonds. The minimum absolute atomic E-state index is 0.382. The zero-order valence-corrected chi connectivity index (χ0v) is 11.9. The summed E-state index contributed by atoms with van der Waals surface area (Å²) in [4.78, 5) is 24.2. The second kappa shape index (κ2) is 5.57. The van der Waals surface area contributed by atoms with Gasteiger partial charge in [0, 0.05) is 22.7 Å². The number of benzene rings is 1. The summed E-state index contributed by atoms with van der Waals surface area (Å²) in [6.45, 7) is 0.868. The van der Waals surface area contributed by atoms with E-state index in [4.69, 9.17) is 0 Å². The minimum Gasteiger partial charge on any atom is -0.479 e. The zero-order valence-electron chi connectivity index (χ0n) is 11.1. The Morgan fingerprint density at radius 2 is 2.19 bits per heavy atom. The average molecular weight is 302 g/mol. The predicted octanol–water partition coefficient (Wildman–Crippen LogP) is 2.27. The number of carbonyl (C=O) groups excluding carboxylic acids is 1. The number of aliphatic carboxylic acids is 1. The van der Waals surface area contributed by atoms with Crippen molar-refractivity contribution in [3.63, 3.8) is 0 Å². The van der Waals surface area contributed by atoms with Crippen LogP contribution in [0.4, 0.5) is 5.69 Å². The van der Waals surface area contributed by atoms with Gasteiger partial charge in [-0.05, 0) is 35.6 Å². The van der Waals surface area contributed by atoms with Crippen LogP contribution >= 0.6 is 11.3 Å². The molecule has 0 saturated carbocycles. The van der Waals surface area contributed by atoms with Crippen LogP contribution in [0.2, 0.25) is 0 Å². The summed E-state index contributed by atoms with van der Waals surface area (Å²) in [5.74, 6) is -1.45. The van der Waals surface area contributed by atoms with Gasteiger partial charge < -0.3 is 15.7 Å². The van der Waals surface area contributed by atoms with E-state index >= 15 is 0 Å². The Balaban J connectivity index is 1.80. The Kier molecular flexibility index (Phi) is 3.62. The fourth-order valence-electron chi connectivity index (χ4n) is 2.36. The Bertz CT molecular complexity index is 682. The van der Waals surface area contributed by atoms with Crippen molar-refractivity contribution in [3.05, 3.63) is 51.7 Å². The summed E-state index contributed by atoms with van der Waals surface area (Å²) < 4.78 is 0. The Labute approximate surface area is 125 Å². The monoisotopic (exact) mass is 302 g/mol. The van der Waals surface area contributed by atoms with E-state index < -0.39 is 12.0 Å². The van der Waals surface area contributed by atoms with E-state index in [1.807, 2.05) is 6.07 Å². The molecule has 3 N–H and O–H groups in total. The number of hydrogen-bond donors (Lipinski definition) is 3. The number of fused-ring (bicyclic) bond motifs is 1. The first-order valence-electron chi connectivity index (χ1n) is 6.59. The number of hydrogen-bond acceptors (Lipinski definition) is 4. The van der Waals surface area contributed by atoms with Crippen LogP contribution in [0.5, 0.6) is 0 Å². The molecule has 2 aromatic rings. The smallest absolute Gasteiger partial charge is 0.331 e. The van der Waals surface area contributed by atoms with Gasteiger partial charge in [0.1, 0.15) is 0 Å². The molecule has 0 aliphatic carbocycles. The molecular formula is C15H14N2O3S. The third-order valence-electron chi connectivity index (χ3n) is 3.43. The molecule has 1 aromatic heterocycles. The maximum atomic E-state index is 12.3. The topological polar surface area (TPSA) is 78.4 Å². The molecular weight excluding hydrogens is 288 g/mol. The van der Waals surface area contributed by atoms with Crippen molar-refractivity contribution in [1.29, 1.82) is 0 Å². The van der Waals surface area contributed by atoms with Gasteiger partial charge in [-0.2, -0.15) is 0 Å². The van der Waals surface area contributed by atoms with Gasteiger partial charge in [0.25, 0.3) is 5.91 Å². The summed E-state index contributed by atoms with van der Waals surface area (Å²) in [5.41, 5.74) is 2.59. The molecule has 6 heteroatoms. The number of carbonyl (C=O) groups is 2. The Morgan fingerprint density at radius 1 is 1.33 bits per heavy atom. The second-order valence-corrected chi connectivity index (χ2v) is 5.79. The van der Waals surface area contributed by atoms with E-state index in [1.165, 1.54) is 16.9 Å². The molecule has 0 fully saturated rings. The number of anilines is 1. The standard InChI is InChI=1S/C15H14N2O3S/c18-14(10-4-3-9-5-6-16-11(9)8-10)17-13(15(19)20)12-2-1-7-21-12/h1-4,7-8,13,16H,5-6H2,(H,17,18)(H,19,20). The highest BCUT2D eigenvalue weighted by Gasteiger charge is 2.24. The number of nitrogens with one attached hydrogen (secondary N) is 2. The first kappa shape index (κ1) is 13.6. The summed E-state index contributed by atoms with van der Waals surface area (Å²) in [7, 11) is 0. The number of thiophene rings is 1. The van der Waals surface area contributed by atoms with E-state index in [0.717, 1.165) is 18.7 Å². The van der Waals surface area contributed by atoms with Gasteiger partial charge in [0.15, 0.2) is 6.04 Å². The van der Waals surface area contributed by atoms with E-state index in [2.05, 4.69) is 10.6 Å². The van der Waals surface area contributed by atoms with Gasteiger partial charge >= 0.3 is 5.97 Å². The normalized spacial score (nSPS) is 14.1. The van der Waals surface area contributed by atoms with Crippen molar-refractivity contribution < 1.29 is 14.7 Å². The van der Waals surface area contributed by atoms with Crippen LogP contribution in [0.25, 0.3) is 0 Å². The molecule has 1 unspecified atom stereocenters. The highest BCUT2D eigenvalue weighted by Crippen LogP contribution is 2.24. The van der Waals surface area contributed by atoms with Gasteiger partial charge in [-0.1, -0.05) is 12.1 Å². The fourth-order valence-corrected chi connectivity index (χ4v) is 3.12. The van der Waals surface area contributed by atoms with Crippen molar-refractivity contribution in [2.75, 3.05) is 11.9 Å². The predicted molar refractivity (Wildman–Crippen MR) is 80.8 cm³/mol. The lowest BCUT2D eigenvalue weighted by Crippen LogP contribution is -2.33. The lowest BCUT2D eigenvalue weighted by atomic mass is 10.1. The van der Waals surface area contributed by atoms with Crippen LogP contribution in [0.3, 0.4) is 0 Å². The van der Waals surface area contributed by atoms with E-state index in [1.54, 1.807) is 29.6 Å². The molecule has 1 atom stereocenters. The van der Waals surface area contributed by atoms with Gasteiger partial charge in [-0.25, -0.2) is 4.79 Å². The van der Waals surface area contributed by atoms with Gasteiger partial charge in [-0.15, -0.1) is 11.3 Å². The maximum absolute atomic E-state index is 12.3. The molecule has 1 aliphatic rings. The van der Waals surface area contributed by atoms with Gasteiger partial charge in [-0.3, -0.25) is 4.79 Å². The minimum atomic E-state index is -1.06. The molecule has 0 bridgehead atoms. The summed E-state index contributed by atoms with van der Waals surface area (Å²) in [6.07, 6.45) is 0.949. The largest absolute Gasteiger partial charge is 0.479 e. The fraction of sp³-hybridized carbons (Fsp3) is 0.200. The molecule has 21 heavy (non-hydrogen) atoms. The quantitative estimate of drug-likeness (QED) is 0.809. The van der Waals surface area contributed by atoms with Crippen molar-refractivity contribution in [1.82, 2.24) is 5.32 Å². The van der Waals surface area contributed by atoms with Crippen LogP contribution < -0.4 is 10.6 Å². The number of rotatable bonds is 4. The van der Waals surface area contributed by atoms with Crippen LogP contribution in [0, 0.1) is 0 Å². The first-order valence-corrected chi connectivity index (χ1v) is 7.47. The van der Waals surface area contributed by atoms with Crippen LogP contribution in [0.1, 0.15) is 26.8 Å². The highest BCUT2D eigenvalue weighted by atomic mass is 32.1. The van der Waals surface area contributed by atoms with Crippen LogP contribution in [-0.2, 0) is 11.2 Å². The van der Waals surface area contributed by atoms with Crippen molar-refractivity contribution in [2.45, 2.75) is 12.5 Å². The lowest BCUT2D eigenvalue weighted by Gasteiger charge is -2.13. The molecule has 0 spiro atoms. The van der Waals surface area contributed by atoms with E-state index in [9.17, 15) is 14.7 Å². The molecule has 3 rings (SSSR count). The lowest BCUT2D eigenvalue weighted by molar-refractivity contribution is -0.139. The number of carboxylic acid groups (broad SMARTS) is 1. The van der Waals surface area contributed by atoms with Gasteiger partial charge in [0.2, 0.25) is 0 Å². The Morgan fingerprint density at radius 3 is 2.90 bits per heavy atom. The molecule has 108 valence electrons. The molecule has 1 aliphatic heterocycles. The van der Waals surface area contributed by atoms with E-state index in [-0.39, 0.29) is 5.91 Å². The van der Waals surface area contributed by atoms with Crippen molar-refractivity contribution in [2.24, 2.45) is 0 Å². The Hall–Kier alpha value is -2.34. The number of amides is 1. The third-order valence-corrected chi connectivity index (χ3v) is 4.37. The van der Waals surface area contributed by atoms with Gasteiger partial charge in [0.05, 0.1) is 0 Å². The molecule has 0 saturated heterocycles. The third kappa shape index (κ3) is 2.75. The first-order chi connectivity index (χ1) is 10.1. The maximum Gasteiger partial charge on any atom is 0.331 e. The molecule has 1 aromatic carbocycles. The molecule has 0 radical (unpaired) electrons. The summed E-state index contributed by atoms with van der Waals surface area (Å²) in [5, 5.41) is 16.8.